The van der Waals surface area contributed by atoms with Crippen LogP contribution in [-0.2, 0) is 4.79 Å². The van der Waals surface area contributed by atoms with Gasteiger partial charge in [0.15, 0.2) is 5.82 Å². The molecular weight excluding hydrogens is 418 g/mol. The van der Waals surface area contributed by atoms with Gasteiger partial charge in [-0.2, -0.15) is 5.26 Å². The summed E-state index contributed by atoms with van der Waals surface area (Å²) in [4.78, 5) is 25.8. The SMILES string of the molecule is CC(C)CC(O)C(=O)N1CCN(c2nc(-c3ccccc3O)nc3ccc(C#N)cc23)CC1. The Balaban J connectivity index is 1.66. The molecule has 2 N–H and O–H groups in total. The lowest BCUT2D eigenvalue weighted by Crippen LogP contribution is -2.52. The highest BCUT2D eigenvalue weighted by molar-refractivity contribution is 5.92. The van der Waals surface area contributed by atoms with Crippen LogP contribution in [0.25, 0.3) is 22.3 Å². The van der Waals surface area contributed by atoms with Gasteiger partial charge >= 0.3 is 0 Å². The van der Waals surface area contributed by atoms with E-state index in [1.54, 1.807) is 41.3 Å². The molecule has 2 aromatic carbocycles. The maximum atomic E-state index is 12.6. The van der Waals surface area contributed by atoms with Crippen LogP contribution in [0.5, 0.6) is 5.75 Å². The number of fused-ring (bicyclic) bond motifs is 1. The van der Waals surface area contributed by atoms with E-state index in [2.05, 4.69) is 16.0 Å². The third-order valence-corrected chi connectivity index (χ3v) is 5.82. The van der Waals surface area contributed by atoms with Gasteiger partial charge in [-0.1, -0.05) is 26.0 Å². The number of carbonyl (C=O) groups is 1. The van der Waals surface area contributed by atoms with Crippen molar-refractivity contribution < 1.29 is 15.0 Å². The number of rotatable bonds is 5. The molecule has 8 heteroatoms. The van der Waals surface area contributed by atoms with Crippen LogP contribution < -0.4 is 4.90 Å². The molecule has 170 valence electrons. The highest BCUT2D eigenvalue weighted by atomic mass is 16.3. The van der Waals surface area contributed by atoms with Gasteiger partial charge in [-0.15, -0.1) is 0 Å². The van der Waals surface area contributed by atoms with Crippen molar-refractivity contribution in [1.29, 1.82) is 5.26 Å². The molecule has 33 heavy (non-hydrogen) atoms. The molecule has 0 bridgehead atoms. The Morgan fingerprint density at radius 1 is 1.12 bits per heavy atom. The highest BCUT2D eigenvalue weighted by Gasteiger charge is 2.28. The first-order valence-corrected chi connectivity index (χ1v) is 11.1. The third kappa shape index (κ3) is 4.73. The molecule has 0 radical (unpaired) electrons. The number of hydrogen-bond acceptors (Lipinski definition) is 7. The Labute approximate surface area is 192 Å². The Bertz CT molecular complexity index is 1210. The van der Waals surface area contributed by atoms with E-state index in [-0.39, 0.29) is 17.6 Å². The van der Waals surface area contributed by atoms with Crippen LogP contribution in [0.2, 0.25) is 0 Å². The van der Waals surface area contributed by atoms with E-state index in [1.165, 1.54) is 0 Å². The summed E-state index contributed by atoms with van der Waals surface area (Å²) in [5, 5.41) is 30.7. The van der Waals surface area contributed by atoms with E-state index in [0.717, 1.165) is 5.39 Å². The molecule has 0 aliphatic carbocycles. The second kappa shape index (κ2) is 9.43. The van der Waals surface area contributed by atoms with E-state index in [1.807, 2.05) is 19.9 Å². The molecule has 1 aliphatic heterocycles. The number of nitriles is 1. The number of carbonyl (C=O) groups excluding carboxylic acids is 1. The average molecular weight is 446 g/mol. The number of aromatic nitrogens is 2. The zero-order chi connectivity index (χ0) is 23.5. The van der Waals surface area contributed by atoms with Crippen molar-refractivity contribution >= 4 is 22.6 Å². The molecule has 1 amide bonds. The van der Waals surface area contributed by atoms with Crippen molar-refractivity contribution in [2.45, 2.75) is 26.4 Å². The fourth-order valence-corrected chi connectivity index (χ4v) is 4.10. The summed E-state index contributed by atoms with van der Waals surface area (Å²) in [6.45, 7) is 5.94. The van der Waals surface area contributed by atoms with Crippen LogP contribution in [0, 0.1) is 17.2 Å². The van der Waals surface area contributed by atoms with Gasteiger partial charge < -0.3 is 20.0 Å². The smallest absolute Gasteiger partial charge is 0.251 e. The predicted molar refractivity (Wildman–Crippen MR) is 126 cm³/mol. The molecule has 1 aliphatic rings. The molecule has 1 atom stereocenters. The molecule has 1 saturated heterocycles. The van der Waals surface area contributed by atoms with Gasteiger partial charge in [-0.3, -0.25) is 4.79 Å². The van der Waals surface area contributed by atoms with Crippen LogP contribution in [-0.4, -0.2) is 63.3 Å². The largest absolute Gasteiger partial charge is 0.507 e. The molecule has 1 unspecified atom stereocenters. The summed E-state index contributed by atoms with van der Waals surface area (Å²) in [5.41, 5.74) is 1.70. The Morgan fingerprint density at radius 2 is 1.85 bits per heavy atom. The van der Waals surface area contributed by atoms with E-state index in [0.29, 0.717) is 60.9 Å². The quantitative estimate of drug-likeness (QED) is 0.621. The number of para-hydroxylation sites is 1. The number of amides is 1. The van der Waals surface area contributed by atoms with E-state index in [9.17, 15) is 20.3 Å². The Hall–Kier alpha value is -3.70. The van der Waals surface area contributed by atoms with Crippen molar-refractivity contribution in [2.24, 2.45) is 5.92 Å². The number of aliphatic hydroxyl groups is 1. The van der Waals surface area contributed by atoms with Crippen molar-refractivity contribution in [3.05, 3.63) is 48.0 Å². The van der Waals surface area contributed by atoms with Gasteiger partial charge in [0.1, 0.15) is 17.7 Å². The summed E-state index contributed by atoms with van der Waals surface area (Å²) >= 11 is 0. The maximum absolute atomic E-state index is 12.6. The van der Waals surface area contributed by atoms with Crippen LogP contribution in [0.1, 0.15) is 25.8 Å². The standard InChI is InChI=1S/C25H27N5O3/c1-16(2)13-22(32)25(33)30-11-9-29(10-12-30)24-19-14-17(15-26)7-8-20(19)27-23(28-24)18-5-3-4-6-21(18)31/h3-8,14,16,22,31-32H,9-13H2,1-2H3. The zero-order valence-electron chi connectivity index (χ0n) is 18.8. The number of aliphatic hydroxyl groups excluding tert-OH is 1. The first-order chi connectivity index (χ1) is 15.9. The number of anilines is 1. The lowest BCUT2D eigenvalue weighted by atomic mass is 10.0. The number of phenolic OH excluding ortho intramolecular Hbond substituents is 1. The molecule has 1 aromatic heterocycles. The fraction of sp³-hybridized carbons (Fsp3) is 0.360. The number of phenols is 1. The number of aromatic hydroxyl groups is 1. The molecule has 2 heterocycles. The van der Waals surface area contributed by atoms with Crippen LogP contribution in [0.4, 0.5) is 5.82 Å². The Morgan fingerprint density at radius 3 is 2.52 bits per heavy atom. The van der Waals surface area contributed by atoms with Crippen molar-refractivity contribution in [3.8, 4) is 23.2 Å². The molecule has 0 spiro atoms. The molecule has 8 nitrogen and oxygen atoms in total. The van der Waals surface area contributed by atoms with Crippen molar-refractivity contribution in [3.63, 3.8) is 0 Å². The first-order valence-electron chi connectivity index (χ1n) is 11.1. The normalized spacial score (nSPS) is 15.0. The monoisotopic (exact) mass is 445 g/mol. The second-order valence-corrected chi connectivity index (χ2v) is 8.69. The van der Waals surface area contributed by atoms with Gasteiger partial charge in [0.2, 0.25) is 0 Å². The van der Waals surface area contributed by atoms with Gasteiger partial charge in [0.05, 0.1) is 22.7 Å². The summed E-state index contributed by atoms with van der Waals surface area (Å²) in [6.07, 6.45) is -0.543. The summed E-state index contributed by atoms with van der Waals surface area (Å²) in [6, 6.07) is 14.3. The van der Waals surface area contributed by atoms with Crippen molar-refractivity contribution in [2.75, 3.05) is 31.1 Å². The van der Waals surface area contributed by atoms with Crippen LogP contribution >= 0.6 is 0 Å². The second-order valence-electron chi connectivity index (χ2n) is 8.69. The molecule has 1 fully saturated rings. The number of nitrogens with zero attached hydrogens (tertiary/aromatic N) is 5. The number of benzene rings is 2. The van der Waals surface area contributed by atoms with E-state index < -0.39 is 6.10 Å². The van der Waals surface area contributed by atoms with Gasteiger partial charge in [-0.05, 0) is 42.7 Å². The molecule has 0 saturated carbocycles. The van der Waals surface area contributed by atoms with Crippen LogP contribution in [0.3, 0.4) is 0 Å². The van der Waals surface area contributed by atoms with Gasteiger partial charge in [-0.25, -0.2) is 9.97 Å². The first kappa shape index (κ1) is 22.5. The van der Waals surface area contributed by atoms with Gasteiger partial charge in [0.25, 0.3) is 5.91 Å². The van der Waals surface area contributed by atoms with Crippen LogP contribution in [0.15, 0.2) is 42.5 Å². The van der Waals surface area contributed by atoms with E-state index in [4.69, 9.17) is 4.98 Å². The molecular formula is C25H27N5O3. The minimum absolute atomic E-state index is 0.0889. The highest BCUT2D eigenvalue weighted by Crippen LogP contribution is 2.32. The number of piperazine rings is 1. The Kier molecular flexibility index (Phi) is 6.43. The lowest BCUT2D eigenvalue weighted by molar-refractivity contribution is -0.141. The third-order valence-electron chi connectivity index (χ3n) is 5.82. The minimum atomic E-state index is -0.984. The van der Waals surface area contributed by atoms with Gasteiger partial charge in [0, 0.05) is 31.6 Å². The zero-order valence-corrected chi connectivity index (χ0v) is 18.8. The summed E-state index contributed by atoms with van der Waals surface area (Å²) in [5.74, 6) is 1.14. The maximum Gasteiger partial charge on any atom is 0.251 e. The fourth-order valence-electron chi connectivity index (χ4n) is 4.10. The summed E-state index contributed by atoms with van der Waals surface area (Å²) < 4.78 is 0. The topological polar surface area (TPSA) is 114 Å². The average Bonchev–Trinajstić information content (AvgIpc) is 2.82. The molecule has 3 aromatic rings. The lowest BCUT2D eigenvalue weighted by Gasteiger charge is -2.37. The van der Waals surface area contributed by atoms with Crippen molar-refractivity contribution in [1.82, 2.24) is 14.9 Å². The molecule has 4 rings (SSSR count). The summed E-state index contributed by atoms with van der Waals surface area (Å²) in [7, 11) is 0. The van der Waals surface area contributed by atoms with E-state index >= 15 is 0 Å². The number of hydrogen-bond donors (Lipinski definition) is 2. The minimum Gasteiger partial charge on any atom is -0.507 e. The predicted octanol–water partition coefficient (Wildman–Crippen LogP) is 2.93.